The summed E-state index contributed by atoms with van der Waals surface area (Å²) in [5.74, 6) is -0.726. The molecule has 0 amide bonds. The Bertz CT molecular complexity index is 1120. The smallest absolute Gasteiger partial charge is 0.357 e. The van der Waals surface area contributed by atoms with Gasteiger partial charge in [-0.25, -0.2) is 4.79 Å². The van der Waals surface area contributed by atoms with Crippen LogP contribution >= 0.6 is 11.3 Å². The van der Waals surface area contributed by atoms with Crippen LogP contribution in [0.3, 0.4) is 0 Å². The molecule has 0 aliphatic carbocycles. The lowest BCUT2D eigenvalue weighted by atomic mass is 10.1. The Labute approximate surface area is 164 Å². The van der Waals surface area contributed by atoms with Gasteiger partial charge in [0.25, 0.3) is 5.56 Å². The van der Waals surface area contributed by atoms with Crippen LogP contribution in [-0.2, 0) is 0 Å². The van der Waals surface area contributed by atoms with Gasteiger partial charge in [-0.1, -0.05) is 6.07 Å². The SMILES string of the molecule is CCOc1ccc(-n2nc(C(=O)O)c(/C=C/c3cccs3)c(C#N)c2=O)cc1. The number of aromatic carboxylic acids is 1. The van der Waals surface area contributed by atoms with Crippen molar-refractivity contribution in [1.82, 2.24) is 9.78 Å². The van der Waals surface area contributed by atoms with Gasteiger partial charge in [0, 0.05) is 10.4 Å². The first-order chi connectivity index (χ1) is 13.5. The molecule has 0 saturated carbocycles. The molecule has 0 aliphatic rings. The zero-order valence-corrected chi connectivity index (χ0v) is 15.6. The summed E-state index contributed by atoms with van der Waals surface area (Å²) in [5.41, 5.74) is -1.04. The van der Waals surface area contributed by atoms with E-state index in [9.17, 15) is 20.0 Å². The number of aromatic nitrogens is 2. The fourth-order valence-corrected chi connectivity index (χ4v) is 3.16. The van der Waals surface area contributed by atoms with Crippen LogP contribution in [0.1, 0.15) is 33.4 Å². The van der Waals surface area contributed by atoms with Gasteiger partial charge < -0.3 is 9.84 Å². The van der Waals surface area contributed by atoms with Crippen molar-refractivity contribution in [3.8, 4) is 17.5 Å². The van der Waals surface area contributed by atoms with E-state index in [1.807, 2.05) is 30.5 Å². The standard InChI is InChI=1S/C20H15N3O4S/c1-2-27-14-7-5-13(6-8-14)23-19(24)17(12-21)16(18(22-23)20(25)26)10-9-15-4-3-11-28-15/h3-11H,2H2,1H3,(H,25,26)/b10-9+. The molecule has 2 aromatic heterocycles. The molecule has 8 heteroatoms. The molecule has 0 bridgehead atoms. The van der Waals surface area contributed by atoms with E-state index in [4.69, 9.17) is 4.74 Å². The maximum Gasteiger partial charge on any atom is 0.357 e. The van der Waals surface area contributed by atoms with Crippen molar-refractivity contribution in [2.75, 3.05) is 6.61 Å². The number of benzene rings is 1. The first-order valence-electron chi connectivity index (χ1n) is 8.30. The molecule has 0 radical (unpaired) electrons. The zero-order valence-electron chi connectivity index (χ0n) is 14.8. The van der Waals surface area contributed by atoms with Crippen LogP contribution in [0.15, 0.2) is 46.6 Å². The molecule has 0 fully saturated rings. The summed E-state index contributed by atoms with van der Waals surface area (Å²) >= 11 is 1.45. The third-order valence-corrected chi connectivity index (χ3v) is 4.63. The van der Waals surface area contributed by atoms with Gasteiger partial charge in [0.1, 0.15) is 17.4 Å². The minimum absolute atomic E-state index is 0.0180. The van der Waals surface area contributed by atoms with Gasteiger partial charge in [-0.15, -0.1) is 11.3 Å². The Morgan fingerprint density at radius 1 is 1.32 bits per heavy atom. The lowest BCUT2D eigenvalue weighted by molar-refractivity contribution is 0.0688. The van der Waals surface area contributed by atoms with E-state index in [-0.39, 0.29) is 16.8 Å². The summed E-state index contributed by atoms with van der Waals surface area (Å²) < 4.78 is 6.27. The van der Waals surface area contributed by atoms with E-state index in [2.05, 4.69) is 5.10 Å². The maximum atomic E-state index is 12.8. The molecule has 1 N–H and O–H groups in total. The second-order valence-electron chi connectivity index (χ2n) is 5.55. The monoisotopic (exact) mass is 393 g/mol. The van der Waals surface area contributed by atoms with Gasteiger partial charge in [0.05, 0.1) is 12.3 Å². The maximum absolute atomic E-state index is 12.8. The third-order valence-electron chi connectivity index (χ3n) is 3.79. The Balaban J connectivity index is 2.16. The lowest BCUT2D eigenvalue weighted by Crippen LogP contribution is -2.28. The van der Waals surface area contributed by atoms with Gasteiger partial charge in [0.2, 0.25) is 0 Å². The molecular formula is C20H15N3O4S. The molecule has 0 aliphatic heterocycles. The van der Waals surface area contributed by atoms with Gasteiger partial charge in [-0.3, -0.25) is 4.79 Å². The number of thiophene rings is 1. The molecule has 7 nitrogen and oxygen atoms in total. The molecule has 0 unspecified atom stereocenters. The quantitative estimate of drug-likeness (QED) is 0.688. The Morgan fingerprint density at radius 2 is 2.07 bits per heavy atom. The number of hydrogen-bond acceptors (Lipinski definition) is 6. The van der Waals surface area contributed by atoms with E-state index in [1.165, 1.54) is 17.4 Å². The Kier molecular flexibility index (Phi) is 5.67. The highest BCUT2D eigenvalue weighted by molar-refractivity contribution is 7.10. The number of carboxylic acids is 1. The minimum Gasteiger partial charge on any atom is -0.494 e. The number of ether oxygens (including phenoxy) is 1. The van der Waals surface area contributed by atoms with Crippen LogP contribution in [0.25, 0.3) is 17.8 Å². The molecular weight excluding hydrogens is 378 g/mol. The van der Waals surface area contributed by atoms with Crippen LogP contribution < -0.4 is 10.3 Å². The highest BCUT2D eigenvalue weighted by atomic mass is 32.1. The van der Waals surface area contributed by atoms with E-state index < -0.39 is 11.5 Å². The number of nitriles is 1. The normalized spacial score (nSPS) is 10.7. The molecule has 3 aromatic rings. The predicted octanol–water partition coefficient (Wildman–Crippen LogP) is 3.43. The van der Waals surface area contributed by atoms with E-state index in [0.717, 1.165) is 9.56 Å². The van der Waals surface area contributed by atoms with E-state index in [1.54, 1.807) is 30.3 Å². The van der Waals surface area contributed by atoms with Crippen molar-refractivity contribution in [2.24, 2.45) is 0 Å². The van der Waals surface area contributed by atoms with Gasteiger partial charge >= 0.3 is 5.97 Å². The number of carbonyl (C=O) groups is 1. The highest BCUT2D eigenvalue weighted by Gasteiger charge is 2.21. The van der Waals surface area contributed by atoms with Crippen LogP contribution in [0.5, 0.6) is 5.75 Å². The van der Waals surface area contributed by atoms with Crippen LogP contribution in [-0.4, -0.2) is 27.5 Å². The Hall–Kier alpha value is -3.70. The van der Waals surface area contributed by atoms with Crippen molar-refractivity contribution < 1.29 is 14.6 Å². The van der Waals surface area contributed by atoms with Crippen LogP contribution in [0.4, 0.5) is 0 Å². The third kappa shape index (κ3) is 3.84. The first-order valence-corrected chi connectivity index (χ1v) is 9.18. The molecule has 28 heavy (non-hydrogen) atoms. The molecule has 2 heterocycles. The fourth-order valence-electron chi connectivity index (χ4n) is 2.54. The number of nitrogens with zero attached hydrogens (tertiary/aromatic N) is 3. The van der Waals surface area contributed by atoms with Crippen LogP contribution in [0, 0.1) is 11.3 Å². The second kappa shape index (κ2) is 8.33. The molecule has 0 saturated heterocycles. The predicted molar refractivity (Wildman–Crippen MR) is 106 cm³/mol. The lowest BCUT2D eigenvalue weighted by Gasteiger charge is -2.10. The summed E-state index contributed by atoms with van der Waals surface area (Å²) in [6, 6.07) is 11.9. The van der Waals surface area contributed by atoms with Gasteiger partial charge in [-0.05, 0) is 54.8 Å². The summed E-state index contributed by atoms with van der Waals surface area (Å²) in [6.45, 7) is 2.34. The van der Waals surface area contributed by atoms with Crippen molar-refractivity contribution >= 4 is 29.5 Å². The summed E-state index contributed by atoms with van der Waals surface area (Å²) in [4.78, 5) is 25.4. The average molecular weight is 393 g/mol. The second-order valence-corrected chi connectivity index (χ2v) is 6.53. The van der Waals surface area contributed by atoms with Crippen molar-refractivity contribution in [3.63, 3.8) is 0 Å². The van der Waals surface area contributed by atoms with Crippen molar-refractivity contribution in [1.29, 1.82) is 5.26 Å². The summed E-state index contributed by atoms with van der Waals surface area (Å²) in [7, 11) is 0. The first kappa shape index (κ1) is 19.1. The van der Waals surface area contributed by atoms with E-state index in [0.29, 0.717) is 18.0 Å². The molecule has 1 aromatic carbocycles. The topological polar surface area (TPSA) is 105 Å². The van der Waals surface area contributed by atoms with Gasteiger partial charge in [0.15, 0.2) is 5.69 Å². The number of rotatable bonds is 6. The largest absolute Gasteiger partial charge is 0.494 e. The molecule has 3 rings (SSSR count). The van der Waals surface area contributed by atoms with Crippen LogP contribution in [0.2, 0.25) is 0 Å². The average Bonchev–Trinajstić information content (AvgIpc) is 3.20. The Morgan fingerprint density at radius 3 is 2.64 bits per heavy atom. The molecule has 0 spiro atoms. The fraction of sp³-hybridized carbons (Fsp3) is 0.100. The summed E-state index contributed by atoms with van der Waals surface area (Å²) in [6.07, 6.45) is 3.08. The number of hydrogen-bond donors (Lipinski definition) is 1. The van der Waals surface area contributed by atoms with Crippen molar-refractivity contribution in [3.05, 3.63) is 73.8 Å². The summed E-state index contributed by atoms with van der Waals surface area (Å²) in [5, 5.41) is 25.0. The minimum atomic E-state index is -1.33. The number of carboxylic acid groups (broad SMARTS) is 1. The highest BCUT2D eigenvalue weighted by Crippen LogP contribution is 2.19. The molecule has 0 atom stereocenters. The van der Waals surface area contributed by atoms with Gasteiger partial charge in [-0.2, -0.15) is 15.0 Å². The van der Waals surface area contributed by atoms with E-state index >= 15 is 0 Å². The molecule has 140 valence electrons. The van der Waals surface area contributed by atoms with Crippen molar-refractivity contribution in [2.45, 2.75) is 6.92 Å². The zero-order chi connectivity index (χ0) is 20.1.